The molecule has 0 aliphatic rings. The molecule has 0 aliphatic heterocycles. The lowest BCUT2D eigenvalue weighted by Crippen LogP contribution is -2.14. The molecule has 102 valence electrons. The molecule has 3 heteroatoms. The second-order valence-corrected chi connectivity index (χ2v) is 5.27. The zero-order valence-corrected chi connectivity index (χ0v) is 12.1. The molecule has 2 aromatic rings. The number of hydrogen-bond donors (Lipinski definition) is 1. The molecule has 19 heavy (non-hydrogen) atoms. The summed E-state index contributed by atoms with van der Waals surface area (Å²) in [5.41, 5.74) is 3.33. The molecule has 0 unspecified atom stereocenters. The van der Waals surface area contributed by atoms with E-state index in [1.54, 1.807) is 0 Å². The van der Waals surface area contributed by atoms with Gasteiger partial charge >= 0.3 is 0 Å². The van der Waals surface area contributed by atoms with Crippen LogP contribution in [0, 0.1) is 6.92 Å². The molecule has 0 bridgehead atoms. The number of para-hydroxylation sites is 1. The average molecular weight is 257 g/mol. The van der Waals surface area contributed by atoms with E-state index < -0.39 is 0 Å². The molecular formula is C16H23N3. The number of fused-ring (bicyclic) bond motifs is 1. The van der Waals surface area contributed by atoms with Crippen LogP contribution in [-0.2, 0) is 0 Å². The summed E-state index contributed by atoms with van der Waals surface area (Å²) in [4.78, 5) is 6.79. The second kappa shape index (κ2) is 6.53. The predicted octanol–water partition coefficient (Wildman–Crippen LogP) is 3.30. The summed E-state index contributed by atoms with van der Waals surface area (Å²) in [5, 5.41) is 4.75. The Labute approximate surface area is 115 Å². The van der Waals surface area contributed by atoms with Crippen molar-refractivity contribution in [1.29, 1.82) is 0 Å². The van der Waals surface area contributed by atoms with Gasteiger partial charge in [0.1, 0.15) is 0 Å². The summed E-state index contributed by atoms with van der Waals surface area (Å²) < 4.78 is 0. The van der Waals surface area contributed by atoms with Crippen molar-refractivity contribution in [1.82, 2.24) is 9.88 Å². The maximum absolute atomic E-state index is 4.56. The molecule has 0 amide bonds. The van der Waals surface area contributed by atoms with Gasteiger partial charge in [-0.05, 0) is 52.5 Å². The van der Waals surface area contributed by atoms with E-state index in [0.29, 0.717) is 0 Å². The van der Waals surface area contributed by atoms with Crippen LogP contribution < -0.4 is 5.32 Å². The predicted molar refractivity (Wildman–Crippen MR) is 82.8 cm³/mol. The van der Waals surface area contributed by atoms with Crippen molar-refractivity contribution in [3.05, 3.63) is 36.0 Å². The molecule has 3 nitrogen and oxygen atoms in total. The third-order valence-corrected chi connectivity index (χ3v) is 3.19. The molecule has 0 saturated heterocycles. The highest BCUT2D eigenvalue weighted by Gasteiger charge is 2.02. The largest absolute Gasteiger partial charge is 0.384 e. The van der Waals surface area contributed by atoms with E-state index in [1.165, 1.54) is 23.9 Å². The Morgan fingerprint density at radius 2 is 1.95 bits per heavy atom. The lowest BCUT2D eigenvalue weighted by molar-refractivity contribution is 0.396. The Morgan fingerprint density at radius 1 is 1.16 bits per heavy atom. The molecule has 1 heterocycles. The Bertz CT molecular complexity index is 535. The summed E-state index contributed by atoms with van der Waals surface area (Å²) in [6.07, 6.45) is 2.41. The van der Waals surface area contributed by atoms with Crippen molar-refractivity contribution < 1.29 is 0 Å². The van der Waals surface area contributed by atoms with Crippen molar-refractivity contribution in [3.63, 3.8) is 0 Å². The number of rotatable bonds is 6. The fraction of sp³-hybridized carbons (Fsp3) is 0.438. The Hall–Kier alpha value is -1.61. The standard InChI is InChI=1S/C16H23N3/c1-13-12-16(17-10-6-7-11-19(2)3)14-8-4-5-9-15(14)18-13/h4-5,8-9,12H,6-7,10-11H2,1-3H3,(H,17,18). The van der Waals surface area contributed by atoms with Gasteiger partial charge in [0, 0.05) is 23.3 Å². The monoisotopic (exact) mass is 257 g/mol. The number of benzene rings is 1. The summed E-state index contributed by atoms with van der Waals surface area (Å²) in [6, 6.07) is 10.4. The first-order chi connectivity index (χ1) is 9.16. The highest BCUT2D eigenvalue weighted by molar-refractivity contribution is 5.91. The van der Waals surface area contributed by atoms with Crippen LogP contribution in [0.1, 0.15) is 18.5 Å². The fourth-order valence-corrected chi connectivity index (χ4v) is 2.23. The third-order valence-electron chi connectivity index (χ3n) is 3.19. The maximum Gasteiger partial charge on any atom is 0.0725 e. The quantitative estimate of drug-likeness (QED) is 0.805. The van der Waals surface area contributed by atoms with Gasteiger partial charge in [0.05, 0.1) is 5.52 Å². The topological polar surface area (TPSA) is 28.2 Å². The zero-order valence-electron chi connectivity index (χ0n) is 12.1. The van der Waals surface area contributed by atoms with Gasteiger partial charge in [-0.25, -0.2) is 0 Å². The highest BCUT2D eigenvalue weighted by atomic mass is 15.0. The van der Waals surface area contributed by atoms with E-state index in [4.69, 9.17) is 0 Å². The maximum atomic E-state index is 4.56. The van der Waals surface area contributed by atoms with E-state index in [0.717, 1.165) is 24.3 Å². The lowest BCUT2D eigenvalue weighted by Gasteiger charge is -2.12. The smallest absolute Gasteiger partial charge is 0.0725 e. The molecule has 1 aromatic carbocycles. The molecule has 0 radical (unpaired) electrons. The molecular weight excluding hydrogens is 234 g/mol. The summed E-state index contributed by atoms with van der Waals surface area (Å²) in [6.45, 7) is 4.21. The van der Waals surface area contributed by atoms with E-state index >= 15 is 0 Å². The minimum Gasteiger partial charge on any atom is -0.384 e. The number of hydrogen-bond acceptors (Lipinski definition) is 3. The van der Waals surface area contributed by atoms with Crippen LogP contribution in [0.25, 0.3) is 10.9 Å². The zero-order chi connectivity index (χ0) is 13.7. The van der Waals surface area contributed by atoms with Crippen molar-refractivity contribution >= 4 is 16.6 Å². The van der Waals surface area contributed by atoms with Gasteiger partial charge in [-0.1, -0.05) is 18.2 Å². The van der Waals surface area contributed by atoms with Gasteiger partial charge in [-0.15, -0.1) is 0 Å². The molecule has 0 spiro atoms. The normalized spacial score (nSPS) is 11.2. The van der Waals surface area contributed by atoms with Gasteiger partial charge < -0.3 is 10.2 Å². The Morgan fingerprint density at radius 3 is 2.74 bits per heavy atom. The lowest BCUT2D eigenvalue weighted by atomic mass is 10.1. The van der Waals surface area contributed by atoms with Crippen LogP contribution in [-0.4, -0.2) is 37.1 Å². The van der Waals surface area contributed by atoms with Crippen molar-refractivity contribution in [3.8, 4) is 0 Å². The van der Waals surface area contributed by atoms with Crippen LogP contribution in [0.2, 0.25) is 0 Å². The van der Waals surface area contributed by atoms with Gasteiger partial charge in [-0.2, -0.15) is 0 Å². The second-order valence-electron chi connectivity index (χ2n) is 5.27. The van der Waals surface area contributed by atoms with E-state index in [-0.39, 0.29) is 0 Å². The van der Waals surface area contributed by atoms with Gasteiger partial charge in [0.25, 0.3) is 0 Å². The Kier molecular flexibility index (Phi) is 4.74. The summed E-state index contributed by atoms with van der Waals surface area (Å²) in [5.74, 6) is 0. The minimum absolute atomic E-state index is 1.02. The number of anilines is 1. The first-order valence-corrected chi connectivity index (χ1v) is 6.92. The molecule has 0 fully saturated rings. The number of aromatic nitrogens is 1. The third kappa shape index (κ3) is 3.93. The fourth-order valence-electron chi connectivity index (χ4n) is 2.23. The van der Waals surface area contributed by atoms with Crippen LogP contribution in [0.15, 0.2) is 30.3 Å². The number of pyridine rings is 1. The first kappa shape index (κ1) is 13.8. The SMILES string of the molecule is Cc1cc(NCCCCN(C)C)c2ccccc2n1. The number of aryl methyl sites for hydroxylation is 1. The minimum atomic E-state index is 1.02. The number of nitrogens with zero attached hydrogens (tertiary/aromatic N) is 2. The molecule has 0 atom stereocenters. The number of unbranched alkanes of at least 4 members (excludes halogenated alkanes) is 1. The van der Waals surface area contributed by atoms with Crippen LogP contribution in [0.5, 0.6) is 0 Å². The number of nitrogens with one attached hydrogen (secondary N) is 1. The highest BCUT2D eigenvalue weighted by Crippen LogP contribution is 2.22. The molecule has 1 N–H and O–H groups in total. The van der Waals surface area contributed by atoms with Crippen molar-refractivity contribution in [2.75, 3.05) is 32.5 Å². The molecule has 0 aliphatic carbocycles. The molecule has 2 rings (SSSR count). The summed E-state index contributed by atoms with van der Waals surface area (Å²) in [7, 11) is 4.24. The van der Waals surface area contributed by atoms with Crippen LogP contribution in [0.3, 0.4) is 0 Å². The van der Waals surface area contributed by atoms with Crippen molar-refractivity contribution in [2.45, 2.75) is 19.8 Å². The van der Waals surface area contributed by atoms with Gasteiger partial charge in [0.15, 0.2) is 0 Å². The van der Waals surface area contributed by atoms with Crippen LogP contribution >= 0.6 is 0 Å². The first-order valence-electron chi connectivity index (χ1n) is 6.92. The summed E-state index contributed by atoms with van der Waals surface area (Å²) >= 11 is 0. The van der Waals surface area contributed by atoms with E-state index in [9.17, 15) is 0 Å². The van der Waals surface area contributed by atoms with E-state index in [1.807, 2.05) is 13.0 Å². The molecule has 0 saturated carbocycles. The average Bonchev–Trinajstić information content (AvgIpc) is 2.37. The van der Waals surface area contributed by atoms with Gasteiger partial charge in [0.2, 0.25) is 0 Å². The molecule has 1 aromatic heterocycles. The van der Waals surface area contributed by atoms with Crippen molar-refractivity contribution in [2.24, 2.45) is 0 Å². The van der Waals surface area contributed by atoms with E-state index in [2.05, 4.69) is 53.6 Å². The van der Waals surface area contributed by atoms with Crippen LogP contribution in [0.4, 0.5) is 5.69 Å². The Balaban J connectivity index is 2.00. The van der Waals surface area contributed by atoms with Gasteiger partial charge in [-0.3, -0.25) is 4.98 Å².